The van der Waals surface area contributed by atoms with Gasteiger partial charge in [0.05, 0.1) is 13.2 Å². The van der Waals surface area contributed by atoms with Crippen LogP contribution in [0.25, 0.3) is 0 Å². The monoisotopic (exact) mass is 757 g/mol. The fraction of sp³-hybridized carbons (Fsp3) is 0.538. The SMILES string of the molecule is CCOC(C)c1ccc(OC)cc1.N.N.N.N.N.O=S(=O)(O)C(F)(F)F.O=S(=O)(O)C(F)(F)F.[Os]. The molecule has 0 saturated carbocycles. The van der Waals surface area contributed by atoms with E-state index < -0.39 is 31.3 Å². The number of halogens is 6. The summed E-state index contributed by atoms with van der Waals surface area (Å²) in [5.41, 5.74) is -9.89. The molecule has 220 valence electrons. The van der Waals surface area contributed by atoms with E-state index in [-0.39, 0.29) is 56.6 Å². The normalized spacial score (nSPS) is 11.1. The zero-order chi connectivity index (χ0) is 23.7. The first-order chi connectivity index (χ1) is 12.8. The Bertz CT molecular complexity index is 786. The molecule has 0 amide bonds. The average Bonchev–Trinajstić information content (AvgIpc) is 2.52. The summed E-state index contributed by atoms with van der Waals surface area (Å²) in [7, 11) is -10.0. The Morgan fingerprint density at radius 3 is 1.23 bits per heavy atom. The average molecular weight is 756 g/mol. The Kier molecular flexibility index (Phi) is 34.4. The second-order valence-corrected chi connectivity index (χ2v) is 7.54. The van der Waals surface area contributed by atoms with E-state index in [0.29, 0.717) is 0 Å². The standard InChI is InChI=1S/C11H16O2.2CHF3O3S.5H3N.Os/c1-4-13-9(2)10-5-7-11(12-3)8-6-10;2*2-1(3,4)8(5,6)7;;;;;;/h5-9H,4H2,1-3H3;2*(H,5,6,7);5*1H3;. The number of alkyl halides is 6. The van der Waals surface area contributed by atoms with Crippen LogP contribution in [0.5, 0.6) is 5.75 Å². The van der Waals surface area contributed by atoms with Crippen LogP contribution in [0.4, 0.5) is 26.3 Å². The number of hydrogen-bond donors (Lipinski definition) is 7. The molecule has 0 radical (unpaired) electrons. The summed E-state index contributed by atoms with van der Waals surface area (Å²) in [6.45, 7) is 4.79. The number of hydrogen-bond acceptors (Lipinski definition) is 11. The molecule has 0 saturated heterocycles. The van der Waals surface area contributed by atoms with Crippen LogP contribution in [-0.2, 0) is 44.8 Å². The van der Waals surface area contributed by atoms with Crippen molar-refractivity contribution in [3.63, 3.8) is 0 Å². The maximum Gasteiger partial charge on any atom is 0.522 e. The molecule has 0 heterocycles. The van der Waals surface area contributed by atoms with Gasteiger partial charge in [-0.15, -0.1) is 0 Å². The molecule has 1 unspecified atom stereocenters. The Morgan fingerprint density at radius 1 is 0.800 bits per heavy atom. The first-order valence-electron chi connectivity index (χ1n) is 7.11. The van der Waals surface area contributed by atoms with Crippen molar-refractivity contribution in [3.05, 3.63) is 29.8 Å². The smallest absolute Gasteiger partial charge is 0.497 e. The van der Waals surface area contributed by atoms with Crippen LogP contribution < -0.4 is 35.5 Å². The molecular weight excluding hydrogens is 723 g/mol. The van der Waals surface area contributed by atoms with Crippen molar-refractivity contribution in [2.45, 2.75) is 31.0 Å². The Hall–Kier alpha value is -1.18. The van der Waals surface area contributed by atoms with E-state index in [2.05, 4.69) is 0 Å². The van der Waals surface area contributed by atoms with Crippen molar-refractivity contribution in [3.8, 4) is 5.75 Å². The largest absolute Gasteiger partial charge is 0.522 e. The third kappa shape index (κ3) is 24.3. The van der Waals surface area contributed by atoms with E-state index in [1.54, 1.807) is 7.11 Å². The van der Waals surface area contributed by atoms with Crippen molar-refractivity contribution in [1.82, 2.24) is 30.8 Å². The van der Waals surface area contributed by atoms with Gasteiger partial charge in [0.15, 0.2) is 0 Å². The van der Waals surface area contributed by atoms with Gasteiger partial charge < -0.3 is 40.2 Å². The second-order valence-electron chi connectivity index (χ2n) is 4.71. The molecule has 1 aromatic rings. The van der Waals surface area contributed by atoms with Crippen LogP contribution in [0.3, 0.4) is 0 Å². The van der Waals surface area contributed by atoms with Gasteiger partial charge in [-0.05, 0) is 31.5 Å². The molecule has 13 nitrogen and oxygen atoms in total. The van der Waals surface area contributed by atoms with E-state index in [4.69, 9.17) is 35.4 Å². The number of benzene rings is 1. The number of methoxy groups -OCH3 is 1. The molecule has 0 aliphatic heterocycles. The van der Waals surface area contributed by atoms with Crippen molar-refractivity contribution < 1.29 is 81.5 Å². The topological polar surface area (TPSA) is 302 Å². The summed E-state index contributed by atoms with van der Waals surface area (Å²) in [5, 5.41) is 0. The summed E-state index contributed by atoms with van der Waals surface area (Å²) in [4.78, 5) is 0. The van der Waals surface area contributed by atoms with E-state index >= 15 is 0 Å². The Labute approximate surface area is 212 Å². The molecule has 0 aromatic heterocycles. The van der Waals surface area contributed by atoms with Crippen molar-refractivity contribution in [1.29, 1.82) is 0 Å². The van der Waals surface area contributed by atoms with Crippen LogP contribution in [0.2, 0.25) is 0 Å². The van der Waals surface area contributed by atoms with Crippen molar-refractivity contribution >= 4 is 20.2 Å². The molecule has 22 heteroatoms. The van der Waals surface area contributed by atoms with Crippen LogP contribution in [0, 0.1) is 0 Å². The molecule has 35 heavy (non-hydrogen) atoms. The third-order valence-corrected chi connectivity index (χ3v) is 3.76. The summed E-state index contributed by atoms with van der Waals surface area (Å²) < 4.78 is 126. The predicted octanol–water partition coefficient (Wildman–Crippen LogP) is 4.39. The molecular formula is C13H33F6N5O8OsS2. The van der Waals surface area contributed by atoms with Gasteiger partial charge in [-0.1, -0.05) is 12.1 Å². The van der Waals surface area contributed by atoms with Gasteiger partial charge in [0.25, 0.3) is 0 Å². The van der Waals surface area contributed by atoms with Crippen molar-refractivity contribution in [2.75, 3.05) is 13.7 Å². The van der Waals surface area contributed by atoms with Crippen LogP contribution in [0.1, 0.15) is 25.5 Å². The third-order valence-electron chi connectivity index (χ3n) is 2.59. The van der Waals surface area contributed by atoms with Gasteiger partial charge in [-0.2, -0.15) is 43.2 Å². The molecule has 0 aliphatic rings. The Morgan fingerprint density at radius 2 is 1.06 bits per heavy atom. The Balaban J connectivity index is -0.0000000499. The van der Waals surface area contributed by atoms with E-state index in [1.165, 1.54) is 5.56 Å². The van der Waals surface area contributed by atoms with E-state index in [1.807, 2.05) is 38.1 Å². The minimum absolute atomic E-state index is 0. The zero-order valence-electron chi connectivity index (χ0n) is 18.9. The van der Waals surface area contributed by atoms with Gasteiger partial charge in [-0.3, -0.25) is 9.11 Å². The van der Waals surface area contributed by atoms with Crippen LogP contribution in [0.15, 0.2) is 24.3 Å². The molecule has 0 spiro atoms. The molecule has 0 bridgehead atoms. The molecule has 1 atom stereocenters. The molecule has 0 fully saturated rings. The van der Waals surface area contributed by atoms with Crippen LogP contribution >= 0.6 is 0 Å². The van der Waals surface area contributed by atoms with Crippen molar-refractivity contribution in [2.24, 2.45) is 0 Å². The van der Waals surface area contributed by atoms with Gasteiger partial charge >= 0.3 is 31.3 Å². The minimum Gasteiger partial charge on any atom is -0.497 e. The number of rotatable bonds is 4. The zero-order valence-corrected chi connectivity index (χ0v) is 23.1. The second kappa shape index (κ2) is 22.0. The fourth-order valence-corrected chi connectivity index (χ4v) is 1.22. The van der Waals surface area contributed by atoms with Gasteiger partial charge in [0, 0.05) is 26.4 Å². The first kappa shape index (κ1) is 54.6. The summed E-state index contributed by atoms with van der Waals surface area (Å²) in [6, 6.07) is 7.95. The van der Waals surface area contributed by atoms with Gasteiger partial charge in [-0.25, -0.2) is 0 Å². The molecule has 0 aliphatic carbocycles. The minimum atomic E-state index is -5.84. The fourth-order valence-electron chi connectivity index (χ4n) is 1.22. The maximum atomic E-state index is 10.7. The number of ether oxygens (including phenoxy) is 2. The van der Waals surface area contributed by atoms with Gasteiger partial charge in [0.2, 0.25) is 0 Å². The van der Waals surface area contributed by atoms with E-state index in [0.717, 1.165) is 12.4 Å². The molecule has 17 N–H and O–H groups in total. The molecule has 1 aromatic carbocycles. The van der Waals surface area contributed by atoms with E-state index in [9.17, 15) is 26.3 Å². The van der Waals surface area contributed by atoms with Gasteiger partial charge in [0.1, 0.15) is 5.75 Å². The molecule has 1 rings (SSSR count). The van der Waals surface area contributed by atoms with Crippen LogP contribution in [-0.4, -0.2) is 50.7 Å². The first-order valence-corrected chi connectivity index (χ1v) is 9.99. The summed E-state index contributed by atoms with van der Waals surface area (Å²) in [6.07, 6.45) is 0.163. The quantitative estimate of drug-likeness (QED) is 0.128. The summed E-state index contributed by atoms with van der Waals surface area (Å²) in [5.74, 6) is 0.882. The predicted molar refractivity (Wildman–Crippen MR) is 113 cm³/mol. The summed E-state index contributed by atoms with van der Waals surface area (Å²) >= 11 is 0. The maximum absolute atomic E-state index is 10.7.